The summed E-state index contributed by atoms with van der Waals surface area (Å²) >= 11 is 0. The Labute approximate surface area is 334 Å². The van der Waals surface area contributed by atoms with Crippen molar-refractivity contribution in [1.29, 1.82) is 0 Å². The maximum atomic E-state index is 2.46. The highest BCUT2D eigenvalue weighted by Crippen LogP contribution is 2.48. The van der Waals surface area contributed by atoms with Crippen LogP contribution in [0.3, 0.4) is 0 Å². The molecule has 0 bridgehead atoms. The fourth-order valence-corrected chi connectivity index (χ4v) is 8.17. The van der Waals surface area contributed by atoms with E-state index in [1.165, 1.54) is 66.1 Å². The van der Waals surface area contributed by atoms with Gasteiger partial charge in [0.15, 0.2) is 0 Å². The Balaban J connectivity index is 1.27. The first-order valence-electron chi connectivity index (χ1n) is 19.6. The molecule has 268 valence electrons. The molecule has 0 saturated heterocycles. The summed E-state index contributed by atoms with van der Waals surface area (Å²) in [7, 11) is 0. The molecule has 1 nitrogen and oxygen atoms in total. The van der Waals surface area contributed by atoms with Gasteiger partial charge in [-0.3, -0.25) is 0 Å². The van der Waals surface area contributed by atoms with Gasteiger partial charge in [0.25, 0.3) is 0 Å². The molecule has 10 aromatic carbocycles. The van der Waals surface area contributed by atoms with Gasteiger partial charge in [-0.15, -0.1) is 0 Å². The lowest BCUT2D eigenvalue weighted by atomic mass is 9.89. The molecule has 0 aliphatic carbocycles. The first-order chi connectivity index (χ1) is 28.2. The second kappa shape index (κ2) is 15.0. The molecule has 0 aliphatic heterocycles. The third-order valence-electron chi connectivity index (χ3n) is 11.0. The summed E-state index contributed by atoms with van der Waals surface area (Å²) in [4.78, 5) is 2.46. The van der Waals surface area contributed by atoms with Gasteiger partial charge in [0.1, 0.15) is 0 Å². The van der Waals surface area contributed by atoms with E-state index in [-0.39, 0.29) is 0 Å². The molecule has 0 unspecified atom stereocenters. The zero-order valence-corrected chi connectivity index (χ0v) is 31.5. The van der Waals surface area contributed by atoms with Crippen LogP contribution >= 0.6 is 0 Å². The number of benzene rings is 10. The van der Waals surface area contributed by atoms with E-state index in [2.05, 4.69) is 241 Å². The minimum absolute atomic E-state index is 1.08. The van der Waals surface area contributed by atoms with E-state index < -0.39 is 0 Å². The number of rotatable bonds is 8. The monoisotopic (exact) mass is 725 g/mol. The Morgan fingerprint density at radius 3 is 1.23 bits per heavy atom. The van der Waals surface area contributed by atoms with Crippen molar-refractivity contribution < 1.29 is 0 Å². The van der Waals surface area contributed by atoms with Crippen molar-refractivity contribution in [2.24, 2.45) is 0 Å². The summed E-state index contributed by atoms with van der Waals surface area (Å²) in [5, 5.41) is 4.89. The van der Waals surface area contributed by atoms with Crippen LogP contribution in [-0.4, -0.2) is 0 Å². The van der Waals surface area contributed by atoms with Crippen molar-refractivity contribution in [2.45, 2.75) is 0 Å². The zero-order valence-electron chi connectivity index (χ0n) is 31.5. The molecule has 10 rings (SSSR count). The van der Waals surface area contributed by atoms with E-state index in [4.69, 9.17) is 0 Å². The van der Waals surface area contributed by atoms with E-state index >= 15 is 0 Å². The minimum Gasteiger partial charge on any atom is -0.310 e. The molecule has 0 fully saturated rings. The van der Waals surface area contributed by atoms with E-state index in [1.54, 1.807) is 0 Å². The van der Waals surface area contributed by atoms with Gasteiger partial charge in [0.05, 0.1) is 5.69 Å². The molecule has 0 saturated carbocycles. The van der Waals surface area contributed by atoms with Gasteiger partial charge in [0.2, 0.25) is 0 Å². The fourth-order valence-electron chi connectivity index (χ4n) is 8.17. The quantitative estimate of drug-likeness (QED) is 0.151. The predicted octanol–water partition coefficient (Wildman–Crippen LogP) is 15.8. The molecular formula is C56H39N. The minimum atomic E-state index is 1.08. The summed E-state index contributed by atoms with van der Waals surface area (Å²) in [5.41, 5.74) is 15.0. The van der Waals surface area contributed by atoms with Crippen LogP contribution in [0.15, 0.2) is 237 Å². The lowest BCUT2D eigenvalue weighted by molar-refractivity contribution is 1.28. The Morgan fingerprint density at radius 1 is 0.228 bits per heavy atom. The molecule has 0 amide bonds. The molecule has 1 heteroatoms. The second-order valence-corrected chi connectivity index (χ2v) is 14.6. The van der Waals surface area contributed by atoms with Crippen LogP contribution in [0.25, 0.3) is 77.2 Å². The van der Waals surface area contributed by atoms with Crippen LogP contribution in [0.4, 0.5) is 17.1 Å². The molecular weight excluding hydrogens is 687 g/mol. The topological polar surface area (TPSA) is 3.24 Å². The summed E-state index contributed by atoms with van der Waals surface area (Å²) in [6.45, 7) is 0. The van der Waals surface area contributed by atoms with Crippen LogP contribution in [0.2, 0.25) is 0 Å². The average Bonchev–Trinajstić information content (AvgIpc) is 3.30. The highest BCUT2D eigenvalue weighted by Gasteiger charge is 2.22. The maximum Gasteiger partial charge on any atom is 0.0546 e. The largest absolute Gasteiger partial charge is 0.310 e. The second-order valence-electron chi connectivity index (χ2n) is 14.6. The van der Waals surface area contributed by atoms with Gasteiger partial charge in [-0.25, -0.2) is 0 Å². The Morgan fingerprint density at radius 2 is 0.667 bits per heavy atom. The van der Waals surface area contributed by atoms with E-state index in [0.717, 1.165) is 28.2 Å². The number of nitrogens with zero attached hydrogens (tertiary/aromatic N) is 1. The van der Waals surface area contributed by atoms with Gasteiger partial charge in [-0.1, -0.05) is 188 Å². The summed E-state index contributed by atoms with van der Waals surface area (Å²) in [6.07, 6.45) is 0. The molecule has 0 spiro atoms. The van der Waals surface area contributed by atoms with E-state index in [1.807, 2.05) is 0 Å². The number of hydrogen-bond acceptors (Lipinski definition) is 1. The molecule has 0 atom stereocenters. The SMILES string of the molecule is c1ccc(-c2ccc(N(c3cc(-c4ccccc4)cc(-c4ccccc4)c3)c3cccc(-c4ccc5ccccc5c4)c3-c3ccc4ccccc4c3)cc2)cc1. The van der Waals surface area contributed by atoms with Crippen molar-refractivity contribution in [3.63, 3.8) is 0 Å². The average molecular weight is 726 g/mol. The lowest BCUT2D eigenvalue weighted by Gasteiger charge is -2.30. The van der Waals surface area contributed by atoms with Crippen LogP contribution in [0, 0.1) is 0 Å². The standard InChI is InChI=1S/C56H39N/c1-4-15-40(16-5-1)45-31-33-52(34-32-45)57(53-38-50(41-17-6-2-7-18-41)37-51(39-53)42-19-8-3-9-20-42)55-26-14-25-54(48-29-27-43-21-10-12-23-46(43)35-48)56(55)49-30-28-44-22-11-13-24-47(44)36-49/h1-39H. The lowest BCUT2D eigenvalue weighted by Crippen LogP contribution is -2.12. The number of fused-ring (bicyclic) bond motifs is 2. The van der Waals surface area contributed by atoms with Crippen molar-refractivity contribution in [3.8, 4) is 55.6 Å². The Bertz CT molecular complexity index is 2930. The van der Waals surface area contributed by atoms with Crippen LogP contribution < -0.4 is 4.90 Å². The Kier molecular flexibility index (Phi) is 8.95. The van der Waals surface area contributed by atoms with E-state index in [0.29, 0.717) is 0 Å². The maximum absolute atomic E-state index is 2.46. The highest BCUT2D eigenvalue weighted by molar-refractivity contribution is 6.01. The van der Waals surface area contributed by atoms with Gasteiger partial charge < -0.3 is 4.90 Å². The summed E-state index contributed by atoms with van der Waals surface area (Å²) < 4.78 is 0. The third-order valence-corrected chi connectivity index (χ3v) is 11.0. The first kappa shape index (κ1) is 34.0. The van der Waals surface area contributed by atoms with Gasteiger partial charge >= 0.3 is 0 Å². The normalized spacial score (nSPS) is 11.2. The number of hydrogen-bond donors (Lipinski definition) is 0. The molecule has 57 heavy (non-hydrogen) atoms. The fraction of sp³-hybridized carbons (Fsp3) is 0. The smallest absolute Gasteiger partial charge is 0.0546 e. The molecule has 0 radical (unpaired) electrons. The van der Waals surface area contributed by atoms with Crippen molar-refractivity contribution in [2.75, 3.05) is 4.90 Å². The molecule has 0 N–H and O–H groups in total. The van der Waals surface area contributed by atoms with E-state index in [9.17, 15) is 0 Å². The molecule has 10 aromatic rings. The zero-order chi connectivity index (χ0) is 38.0. The third kappa shape index (κ3) is 6.77. The molecule has 0 aromatic heterocycles. The van der Waals surface area contributed by atoms with Crippen molar-refractivity contribution in [1.82, 2.24) is 0 Å². The highest BCUT2D eigenvalue weighted by atomic mass is 15.1. The van der Waals surface area contributed by atoms with Gasteiger partial charge in [-0.05, 0) is 120 Å². The van der Waals surface area contributed by atoms with Crippen LogP contribution in [-0.2, 0) is 0 Å². The Hall–Kier alpha value is -7.48. The predicted molar refractivity (Wildman–Crippen MR) is 243 cm³/mol. The number of anilines is 3. The first-order valence-corrected chi connectivity index (χ1v) is 19.6. The molecule has 0 heterocycles. The van der Waals surface area contributed by atoms with Gasteiger partial charge in [0, 0.05) is 16.9 Å². The van der Waals surface area contributed by atoms with Crippen LogP contribution in [0.5, 0.6) is 0 Å². The van der Waals surface area contributed by atoms with Crippen molar-refractivity contribution >= 4 is 38.6 Å². The van der Waals surface area contributed by atoms with Gasteiger partial charge in [-0.2, -0.15) is 0 Å². The summed E-state index contributed by atoms with van der Waals surface area (Å²) in [6, 6.07) is 85.9. The van der Waals surface area contributed by atoms with Crippen molar-refractivity contribution in [3.05, 3.63) is 237 Å². The molecule has 0 aliphatic rings. The summed E-state index contributed by atoms with van der Waals surface area (Å²) in [5.74, 6) is 0. The van der Waals surface area contributed by atoms with Crippen LogP contribution in [0.1, 0.15) is 0 Å².